The number of unbranched alkanes of at least 4 members (excludes halogenated alkanes) is 1. The molecule has 0 unspecified atom stereocenters. The summed E-state index contributed by atoms with van der Waals surface area (Å²) in [5, 5.41) is 19.0. The smallest absolute Gasteiger partial charge is 0.264 e. The summed E-state index contributed by atoms with van der Waals surface area (Å²) < 4.78 is 30.6. The van der Waals surface area contributed by atoms with E-state index in [9.17, 15) is 18.6 Å². The molecule has 0 aliphatic carbocycles. The lowest BCUT2D eigenvalue weighted by molar-refractivity contribution is 0.460. The molecule has 0 aliphatic heterocycles. The molecule has 0 spiro atoms. The average molecular weight is 350 g/mol. The van der Waals surface area contributed by atoms with Gasteiger partial charge in [-0.25, -0.2) is 0 Å². The summed E-state index contributed by atoms with van der Waals surface area (Å²) in [6.45, 7) is 2.04. The highest BCUT2D eigenvalue weighted by Crippen LogP contribution is 2.38. The largest absolute Gasteiger partial charge is 0.508 e. The number of phenols is 2. The lowest BCUT2D eigenvalue weighted by Gasteiger charge is -2.31. The van der Waals surface area contributed by atoms with Crippen molar-refractivity contribution in [2.75, 3.05) is 5.75 Å². The van der Waals surface area contributed by atoms with E-state index >= 15 is 0 Å². The van der Waals surface area contributed by atoms with E-state index in [1.54, 1.807) is 24.3 Å². The van der Waals surface area contributed by atoms with Gasteiger partial charge in [0.05, 0.1) is 5.75 Å². The van der Waals surface area contributed by atoms with Crippen molar-refractivity contribution in [3.63, 3.8) is 0 Å². The van der Waals surface area contributed by atoms with Crippen LogP contribution >= 0.6 is 0 Å². The number of hydrogen-bond acceptors (Lipinski definition) is 4. The van der Waals surface area contributed by atoms with Crippen LogP contribution in [0.25, 0.3) is 0 Å². The van der Waals surface area contributed by atoms with Gasteiger partial charge in [0, 0.05) is 5.41 Å². The summed E-state index contributed by atoms with van der Waals surface area (Å²) >= 11 is 0. The molecule has 0 amide bonds. The minimum Gasteiger partial charge on any atom is -0.508 e. The van der Waals surface area contributed by atoms with Crippen LogP contribution in [0.15, 0.2) is 48.5 Å². The van der Waals surface area contributed by atoms with Crippen molar-refractivity contribution < 1.29 is 23.2 Å². The molecule has 2 rings (SSSR count). The molecule has 5 nitrogen and oxygen atoms in total. The van der Waals surface area contributed by atoms with Gasteiger partial charge in [-0.1, -0.05) is 37.6 Å². The van der Waals surface area contributed by atoms with Gasteiger partial charge in [0.1, 0.15) is 11.5 Å². The van der Waals surface area contributed by atoms with Gasteiger partial charge in [-0.05, 0) is 48.2 Å². The Bertz CT molecular complexity index is 719. The summed E-state index contributed by atoms with van der Waals surface area (Å²) in [7, 11) is -3.95. The van der Waals surface area contributed by atoms with E-state index in [1.807, 2.05) is 31.2 Å². The lowest BCUT2D eigenvalue weighted by atomic mass is 9.73. The van der Waals surface area contributed by atoms with E-state index in [0.29, 0.717) is 19.3 Å². The van der Waals surface area contributed by atoms with Crippen LogP contribution in [0.3, 0.4) is 0 Å². The van der Waals surface area contributed by atoms with Gasteiger partial charge < -0.3 is 10.2 Å². The van der Waals surface area contributed by atoms with Crippen molar-refractivity contribution in [3.05, 3.63) is 59.7 Å². The summed E-state index contributed by atoms with van der Waals surface area (Å²) in [5.74, 6) is 0.102. The van der Waals surface area contributed by atoms with E-state index in [4.69, 9.17) is 4.55 Å². The first kappa shape index (κ1) is 18.3. The van der Waals surface area contributed by atoms with Crippen molar-refractivity contribution in [3.8, 4) is 11.5 Å². The minimum absolute atomic E-state index is 0.179. The quantitative estimate of drug-likeness (QED) is 0.525. The van der Waals surface area contributed by atoms with Crippen LogP contribution < -0.4 is 0 Å². The molecule has 0 fully saturated rings. The van der Waals surface area contributed by atoms with Crippen LogP contribution in [0, 0.1) is 0 Å². The van der Waals surface area contributed by atoms with E-state index in [2.05, 4.69) is 0 Å². The molecule has 0 saturated carbocycles. The van der Waals surface area contributed by atoms with Crippen molar-refractivity contribution in [2.45, 2.75) is 31.6 Å². The Hall–Kier alpha value is -2.05. The van der Waals surface area contributed by atoms with Crippen LogP contribution in [-0.4, -0.2) is 28.9 Å². The van der Waals surface area contributed by atoms with Crippen LogP contribution in [0.4, 0.5) is 0 Å². The third-order valence-electron chi connectivity index (χ3n) is 4.34. The van der Waals surface area contributed by atoms with Gasteiger partial charge in [0.25, 0.3) is 10.1 Å². The maximum Gasteiger partial charge on any atom is 0.264 e. The topological polar surface area (TPSA) is 94.8 Å². The zero-order chi connectivity index (χ0) is 17.8. The number of rotatable bonds is 7. The molecule has 0 aliphatic rings. The van der Waals surface area contributed by atoms with Gasteiger partial charge in [0.2, 0.25) is 0 Å². The molecular weight excluding hydrogens is 328 g/mol. The number of aromatic hydroxyl groups is 2. The second-order valence-electron chi connectivity index (χ2n) is 6.17. The second kappa shape index (κ2) is 7.23. The lowest BCUT2D eigenvalue weighted by Crippen LogP contribution is -2.24. The highest BCUT2D eigenvalue weighted by molar-refractivity contribution is 7.85. The Kier molecular flexibility index (Phi) is 5.51. The fourth-order valence-electron chi connectivity index (χ4n) is 2.88. The Labute approximate surface area is 142 Å². The molecular formula is C18H22O5S. The first-order valence-electron chi connectivity index (χ1n) is 7.75. The van der Waals surface area contributed by atoms with Crippen LogP contribution in [0.1, 0.15) is 37.3 Å². The summed E-state index contributed by atoms with van der Waals surface area (Å²) in [5.41, 5.74) is 1.57. The van der Waals surface area contributed by atoms with E-state index < -0.39 is 15.5 Å². The molecule has 0 bridgehead atoms. The van der Waals surface area contributed by atoms with Crippen LogP contribution in [-0.2, 0) is 15.5 Å². The third-order valence-corrected chi connectivity index (χ3v) is 5.14. The van der Waals surface area contributed by atoms with E-state index in [0.717, 1.165) is 11.1 Å². The molecule has 0 heterocycles. The molecule has 2 aromatic rings. The predicted molar refractivity (Wildman–Crippen MR) is 92.9 cm³/mol. The summed E-state index contributed by atoms with van der Waals surface area (Å²) in [6.07, 6.45) is 1.64. The van der Waals surface area contributed by atoms with Gasteiger partial charge in [-0.2, -0.15) is 8.42 Å². The maximum atomic E-state index is 10.9. The average Bonchev–Trinajstić information content (AvgIpc) is 2.52. The normalized spacial score (nSPS) is 12.2. The SMILES string of the molecule is CC(CCCCS(=O)(=O)O)(c1ccc(O)cc1)c1ccc(O)cc1. The molecule has 130 valence electrons. The molecule has 6 heteroatoms. The van der Waals surface area contributed by atoms with Gasteiger partial charge >= 0.3 is 0 Å². The molecule has 0 aromatic heterocycles. The molecule has 0 radical (unpaired) electrons. The van der Waals surface area contributed by atoms with Crippen molar-refractivity contribution >= 4 is 10.1 Å². The number of benzene rings is 2. The summed E-state index contributed by atoms with van der Waals surface area (Å²) in [6, 6.07) is 13.8. The van der Waals surface area contributed by atoms with E-state index in [-0.39, 0.29) is 17.3 Å². The highest BCUT2D eigenvalue weighted by atomic mass is 32.2. The first-order chi connectivity index (χ1) is 11.2. The molecule has 0 saturated heterocycles. The number of hydrogen-bond donors (Lipinski definition) is 3. The Morgan fingerprint density at radius 2 is 1.25 bits per heavy atom. The summed E-state index contributed by atoms with van der Waals surface area (Å²) in [4.78, 5) is 0. The molecule has 3 N–H and O–H groups in total. The maximum absolute atomic E-state index is 10.9. The van der Waals surface area contributed by atoms with Gasteiger partial charge in [-0.15, -0.1) is 0 Å². The van der Waals surface area contributed by atoms with Crippen LogP contribution in [0.5, 0.6) is 11.5 Å². The van der Waals surface area contributed by atoms with Crippen LogP contribution in [0.2, 0.25) is 0 Å². The zero-order valence-corrected chi connectivity index (χ0v) is 14.3. The zero-order valence-electron chi connectivity index (χ0n) is 13.5. The predicted octanol–water partition coefficient (Wildman–Crippen LogP) is 3.46. The second-order valence-corrected chi connectivity index (χ2v) is 7.74. The Morgan fingerprint density at radius 1 is 0.833 bits per heavy atom. The molecule has 0 atom stereocenters. The molecule has 2 aromatic carbocycles. The third kappa shape index (κ3) is 4.72. The fourth-order valence-corrected chi connectivity index (χ4v) is 3.45. The highest BCUT2D eigenvalue weighted by Gasteiger charge is 2.28. The standard InChI is InChI=1S/C18H22O5S/c1-18(12-2-3-13-24(21,22)23,14-4-8-16(19)9-5-14)15-6-10-17(20)11-7-15/h4-11,19-20H,2-3,12-13H2,1H3,(H,21,22,23). The fraction of sp³-hybridized carbons (Fsp3) is 0.333. The molecule has 24 heavy (non-hydrogen) atoms. The minimum atomic E-state index is -3.95. The van der Waals surface area contributed by atoms with Crippen molar-refractivity contribution in [1.82, 2.24) is 0 Å². The van der Waals surface area contributed by atoms with Gasteiger partial charge in [0.15, 0.2) is 0 Å². The van der Waals surface area contributed by atoms with Crippen molar-refractivity contribution in [1.29, 1.82) is 0 Å². The van der Waals surface area contributed by atoms with Crippen molar-refractivity contribution in [2.24, 2.45) is 0 Å². The monoisotopic (exact) mass is 350 g/mol. The Balaban J connectivity index is 2.27. The Morgan fingerprint density at radius 3 is 1.62 bits per heavy atom. The number of phenolic OH excluding ortho intramolecular Hbond substituents is 2. The first-order valence-corrected chi connectivity index (χ1v) is 9.36. The van der Waals surface area contributed by atoms with E-state index in [1.165, 1.54) is 0 Å². The van der Waals surface area contributed by atoms with Gasteiger partial charge in [-0.3, -0.25) is 4.55 Å².